The first kappa shape index (κ1) is 15.4. The van der Waals surface area contributed by atoms with E-state index < -0.39 is 6.04 Å². The highest BCUT2D eigenvalue weighted by atomic mass is 16.3. The molecule has 4 heteroatoms. The predicted octanol–water partition coefficient (Wildman–Crippen LogP) is 0.883. The van der Waals surface area contributed by atoms with E-state index in [4.69, 9.17) is 10.8 Å². The zero-order chi connectivity index (χ0) is 12.9. The molecule has 4 N–H and O–H groups in total. The van der Waals surface area contributed by atoms with Gasteiger partial charge in [-0.15, -0.1) is 0 Å². The van der Waals surface area contributed by atoms with E-state index in [9.17, 15) is 4.79 Å². The van der Waals surface area contributed by atoms with Crippen molar-refractivity contribution in [1.29, 1.82) is 0 Å². The van der Waals surface area contributed by atoms with Crippen molar-refractivity contribution in [3.63, 3.8) is 0 Å². The Balaban J connectivity index is 4.40. The molecule has 0 spiro atoms. The number of hydrogen-bond donors (Lipinski definition) is 3. The van der Waals surface area contributed by atoms with Gasteiger partial charge in [-0.25, -0.2) is 0 Å². The lowest BCUT2D eigenvalue weighted by molar-refractivity contribution is -0.125. The number of carbonyl (C=O) groups is 1. The number of nitrogens with one attached hydrogen (secondary N) is 1. The molecule has 0 aliphatic heterocycles. The summed E-state index contributed by atoms with van der Waals surface area (Å²) in [5.41, 5.74) is 5.62. The largest absolute Gasteiger partial charge is 0.396 e. The average molecular weight is 230 g/mol. The molecule has 0 fully saturated rings. The van der Waals surface area contributed by atoms with Crippen molar-refractivity contribution in [3.05, 3.63) is 0 Å². The summed E-state index contributed by atoms with van der Waals surface area (Å²) in [6.07, 6.45) is 0.570. The second kappa shape index (κ2) is 6.21. The summed E-state index contributed by atoms with van der Waals surface area (Å²) in [4.78, 5) is 11.9. The molecule has 0 aromatic rings. The Morgan fingerprint density at radius 1 is 1.38 bits per heavy atom. The topological polar surface area (TPSA) is 75.3 Å². The van der Waals surface area contributed by atoms with Crippen LogP contribution in [0.3, 0.4) is 0 Å². The van der Waals surface area contributed by atoms with Crippen LogP contribution in [0.4, 0.5) is 0 Å². The summed E-state index contributed by atoms with van der Waals surface area (Å²) < 4.78 is 0. The molecule has 0 aromatic carbocycles. The monoisotopic (exact) mass is 230 g/mol. The lowest BCUT2D eigenvalue weighted by Crippen LogP contribution is -2.52. The van der Waals surface area contributed by atoms with E-state index in [0.29, 0.717) is 12.3 Å². The van der Waals surface area contributed by atoms with Crippen LogP contribution in [-0.2, 0) is 4.79 Å². The lowest BCUT2D eigenvalue weighted by Gasteiger charge is -2.29. The Kier molecular flexibility index (Phi) is 5.97. The minimum atomic E-state index is -0.521. The standard InChI is InChI=1S/C12H26N2O2/c1-8(2)9(6-7-15)14-11(16)10(13)12(3,4)5/h8-10,15H,6-7,13H2,1-5H3,(H,14,16)/t9?,10-/m0/s1. The number of hydrogen-bond acceptors (Lipinski definition) is 3. The summed E-state index contributed by atoms with van der Waals surface area (Å²) in [6.45, 7) is 9.93. The molecular formula is C12H26N2O2. The van der Waals surface area contributed by atoms with Gasteiger partial charge in [-0.2, -0.15) is 0 Å². The smallest absolute Gasteiger partial charge is 0.237 e. The summed E-state index contributed by atoms with van der Waals surface area (Å²) in [7, 11) is 0. The van der Waals surface area contributed by atoms with Crippen LogP contribution < -0.4 is 11.1 Å². The predicted molar refractivity (Wildman–Crippen MR) is 65.9 cm³/mol. The van der Waals surface area contributed by atoms with Gasteiger partial charge in [-0.3, -0.25) is 4.79 Å². The molecule has 0 rings (SSSR count). The van der Waals surface area contributed by atoms with Gasteiger partial charge in [0.25, 0.3) is 0 Å². The summed E-state index contributed by atoms with van der Waals surface area (Å²) in [5.74, 6) is 0.155. The van der Waals surface area contributed by atoms with Gasteiger partial charge in [0, 0.05) is 12.6 Å². The third-order valence-corrected chi connectivity index (χ3v) is 2.79. The van der Waals surface area contributed by atoms with E-state index in [1.54, 1.807) is 0 Å². The molecule has 0 bridgehead atoms. The Morgan fingerprint density at radius 3 is 2.19 bits per heavy atom. The van der Waals surface area contributed by atoms with Crippen molar-refractivity contribution < 1.29 is 9.90 Å². The molecule has 2 atom stereocenters. The summed E-state index contributed by atoms with van der Waals surface area (Å²) in [6, 6.07) is -0.529. The van der Waals surface area contributed by atoms with Crippen LogP contribution >= 0.6 is 0 Å². The van der Waals surface area contributed by atoms with Gasteiger partial charge in [0.2, 0.25) is 5.91 Å². The Hall–Kier alpha value is -0.610. The van der Waals surface area contributed by atoms with Crippen LogP contribution in [0.15, 0.2) is 0 Å². The van der Waals surface area contributed by atoms with E-state index in [0.717, 1.165) is 0 Å². The van der Waals surface area contributed by atoms with Crippen molar-refractivity contribution in [3.8, 4) is 0 Å². The van der Waals surface area contributed by atoms with E-state index >= 15 is 0 Å². The molecule has 1 unspecified atom stereocenters. The van der Waals surface area contributed by atoms with Crippen LogP contribution in [-0.4, -0.2) is 29.7 Å². The molecule has 0 saturated carbocycles. The summed E-state index contributed by atoms with van der Waals surface area (Å²) >= 11 is 0. The average Bonchev–Trinajstić information content (AvgIpc) is 2.14. The lowest BCUT2D eigenvalue weighted by atomic mass is 9.86. The normalized spacial score (nSPS) is 16.0. The maximum absolute atomic E-state index is 11.9. The molecular weight excluding hydrogens is 204 g/mol. The molecule has 96 valence electrons. The van der Waals surface area contributed by atoms with E-state index in [-0.39, 0.29) is 24.0 Å². The molecule has 4 nitrogen and oxygen atoms in total. The highest BCUT2D eigenvalue weighted by Crippen LogP contribution is 2.18. The maximum atomic E-state index is 11.9. The van der Waals surface area contributed by atoms with Gasteiger partial charge in [-0.1, -0.05) is 34.6 Å². The molecule has 1 amide bonds. The SMILES string of the molecule is CC(C)C(CCO)NC(=O)[C@H](N)C(C)(C)C. The van der Waals surface area contributed by atoms with Crippen molar-refractivity contribution >= 4 is 5.91 Å². The summed E-state index contributed by atoms with van der Waals surface area (Å²) in [5, 5.41) is 11.8. The second-order valence-electron chi connectivity index (χ2n) is 5.72. The van der Waals surface area contributed by atoms with Crippen molar-refractivity contribution in [2.24, 2.45) is 17.1 Å². The first-order valence-electron chi connectivity index (χ1n) is 5.87. The van der Waals surface area contributed by atoms with E-state index in [1.807, 2.05) is 34.6 Å². The molecule has 0 aromatic heterocycles. The molecule has 0 radical (unpaired) electrons. The quantitative estimate of drug-likeness (QED) is 0.656. The minimum absolute atomic E-state index is 0.00843. The van der Waals surface area contributed by atoms with Gasteiger partial charge in [0.15, 0.2) is 0 Å². The van der Waals surface area contributed by atoms with E-state index in [1.165, 1.54) is 0 Å². The van der Waals surface area contributed by atoms with E-state index in [2.05, 4.69) is 5.32 Å². The Morgan fingerprint density at radius 2 is 1.88 bits per heavy atom. The zero-order valence-corrected chi connectivity index (χ0v) is 11.1. The van der Waals surface area contributed by atoms with Gasteiger partial charge >= 0.3 is 0 Å². The van der Waals surface area contributed by atoms with Gasteiger partial charge in [0.1, 0.15) is 0 Å². The van der Waals surface area contributed by atoms with Crippen molar-refractivity contribution in [2.75, 3.05) is 6.61 Å². The minimum Gasteiger partial charge on any atom is -0.396 e. The van der Waals surface area contributed by atoms with Crippen LogP contribution in [0.25, 0.3) is 0 Å². The number of carbonyl (C=O) groups excluding carboxylic acids is 1. The maximum Gasteiger partial charge on any atom is 0.237 e. The fraction of sp³-hybridized carbons (Fsp3) is 0.917. The third kappa shape index (κ3) is 4.94. The molecule has 0 heterocycles. The van der Waals surface area contributed by atoms with Gasteiger partial charge in [0.05, 0.1) is 6.04 Å². The highest BCUT2D eigenvalue weighted by molar-refractivity contribution is 5.82. The van der Waals surface area contributed by atoms with Crippen molar-refractivity contribution in [1.82, 2.24) is 5.32 Å². The van der Waals surface area contributed by atoms with Gasteiger partial charge in [-0.05, 0) is 17.8 Å². The first-order chi connectivity index (χ1) is 7.20. The van der Waals surface area contributed by atoms with Crippen LogP contribution in [0.2, 0.25) is 0 Å². The van der Waals surface area contributed by atoms with Crippen LogP contribution in [0.1, 0.15) is 41.0 Å². The third-order valence-electron chi connectivity index (χ3n) is 2.79. The zero-order valence-electron chi connectivity index (χ0n) is 11.1. The number of aliphatic hydroxyl groups excluding tert-OH is 1. The molecule has 16 heavy (non-hydrogen) atoms. The Labute approximate surface area is 98.6 Å². The Bertz CT molecular complexity index is 222. The number of nitrogens with two attached hydrogens (primary N) is 1. The fourth-order valence-electron chi connectivity index (χ4n) is 1.38. The number of rotatable bonds is 5. The van der Waals surface area contributed by atoms with Crippen LogP contribution in [0, 0.1) is 11.3 Å². The van der Waals surface area contributed by atoms with Crippen LogP contribution in [0.5, 0.6) is 0 Å². The second-order valence-corrected chi connectivity index (χ2v) is 5.72. The van der Waals surface area contributed by atoms with Gasteiger partial charge < -0.3 is 16.2 Å². The number of amides is 1. The molecule has 0 aliphatic carbocycles. The fourth-order valence-corrected chi connectivity index (χ4v) is 1.38. The molecule has 0 saturated heterocycles. The highest BCUT2D eigenvalue weighted by Gasteiger charge is 2.29. The molecule has 0 aliphatic rings. The number of aliphatic hydroxyl groups is 1. The van der Waals surface area contributed by atoms with Crippen molar-refractivity contribution in [2.45, 2.75) is 53.1 Å². The first-order valence-corrected chi connectivity index (χ1v) is 5.87.